The number of ether oxygens (including phenoxy) is 1. The van der Waals surface area contributed by atoms with Crippen LogP contribution in [0, 0.1) is 11.8 Å². The summed E-state index contributed by atoms with van der Waals surface area (Å²) in [5.41, 5.74) is 8.74. The fourth-order valence-electron chi connectivity index (χ4n) is 1.91. The predicted octanol–water partition coefficient (Wildman–Crippen LogP) is 3.14. The van der Waals surface area contributed by atoms with Gasteiger partial charge in [0.15, 0.2) is 0 Å². The molecule has 0 spiro atoms. The minimum absolute atomic E-state index is 0.380. The Morgan fingerprint density at radius 3 is 2.65 bits per heavy atom. The Morgan fingerprint density at radius 1 is 1.05 bits per heavy atom. The van der Waals surface area contributed by atoms with Crippen LogP contribution in [0.4, 0.5) is 0 Å². The highest BCUT2D eigenvalue weighted by Crippen LogP contribution is 2.16. The maximum Gasteiger partial charge on any atom is 0.120 e. The van der Waals surface area contributed by atoms with Gasteiger partial charge >= 0.3 is 0 Å². The third kappa shape index (κ3) is 4.15. The van der Waals surface area contributed by atoms with Gasteiger partial charge in [0.05, 0.1) is 6.54 Å². The molecule has 0 unspecified atom stereocenters. The summed E-state index contributed by atoms with van der Waals surface area (Å²) in [6, 6.07) is 16.2. The first-order chi connectivity index (χ1) is 9.81. The number of hydrogen-bond donors (Lipinski definition) is 1. The lowest BCUT2D eigenvalue weighted by Gasteiger charge is -2.08. The Hall–Kier alpha value is -2.24. The van der Waals surface area contributed by atoms with E-state index in [1.165, 1.54) is 5.56 Å². The second kappa shape index (κ2) is 7.37. The number of benzene rings is 2. The molecule has 2 heteroatoms. The first kappa shape index (κ1) is 14.2. The lowest BCUT2D eigenvalue weighted by molar-refractivity contribution is 0.306. The van der Waals surface area contributed by atoms with Crippen molar-refractivity contribution >= 4 is 0 Å². The van der Waals surface area contributed by atoms with Crippen LogP contribution in [0.1, 0.15) is 23.6 Å². The fourth-order valence-corrected chi connectivity index (χ4v) is 1.91. The molecule has 0 radical (unpaired) electrons. The van der Waals surface area contributed by atoms with E-state index in [2.05, 4.69) is 30.9 Å². The van der Waals surface area contributed by atoms with Crippen molar-refractivity contribution < 1.29 is 4.74 Å². The molecule has 0 heterocycles. The summed E-state index contributed by atoms with van der Waals surface area (Å²) in [4.78, 5) is 0. The molecule has 0 aliphatic carbocycles. The van der Waals surface area contributed by atoms with Crippen molar-refractivity contribution in [3.05, 3.63) is 65.2 Å². The fraction of sp³-hybridized carbons (Fsp3) is 0.222. The van der Waals surface area contributed by atoms with Crippen molar-refractivity contribution in [2.45, 2.75) is 20.0 Å². The molecule has 2 aromatic rings. The van der Waals surface area contributed by atoms with E-state index in [1.807, 2.05) is 36.4 Å². The molecule has 0 saturated carbocycles. The quantitative estimate of drug-likeness (QED) is 0.862. The molecule has 0 saturated heterocycles. The third-order valence-electron chi connectivity index (χ3n) is 2.97. The van der Waals surface area contributed by atoms with E-state index in [4.69, 9.17) is 10.5 Å². The largest absolute Gasteiger partial charge is 0.489 e. The van der Waals surface area contributed by atoms with Crippen molar-refractivity contribution in [3.63, 3.8) is 0 Å². The summed E-state index contributed by atoms with van der Waals surface area (Å²) in [6.45, 7) is 3.06. The minimum atomic E-state index is 0.380. The second-order valence-corrected chi connectivity index (χ2v) is 4.50. The molecule has 102 valence electrons. The number of hydrogen-bond acceptors (Lipinski definition) is 2. The molecule has 2 aromatic carbocycles. The maximum atomic E-state index is 5.82. The Morgan fingerprint density at radius 2 is 1.85 bits per heavy atom. The van der Waals surface area contributed by atoms with Crippen LogP contribution in [0.2, 0.25) is 0 Å². The first-order valence-electron chi connectivity index (χ1n) is 6.81. The maximum absolute atomic E-state index is 5.82. The molecule has 0 aliphatic rings. The van der Waals surface area contributed by atoms with Crippen LogP contribution in [0.15, 0.2) is 48.5 Å². The monoisotopic (exact) mass is 265 g/mol. The molecule has 0 atom stereocenters. The van der Waals surface area contributed by atoms with E-state index >= 15 is 0 Å². The molecule has 0 amide bonds. The van der Waals surface area contributed by atoms with Gasteiger partial charge in [0, 0.05) is 5.56 Å². The minimum Gasteiger partial charge on any atom is -0.489 e. The standard InChI is InChI=1S/C18H19NO/c1-2-15-6-4-10-18(13-15)20-14-17-8-3-7-16(12-17)9-5-11-19/h3-4,6-8,10,12-13H,2,11,14,19H2,1H3. The van der Waals surface area contributed by atoms with Crippen LogP contribution in [0.3, 0.4) is 0 Å². The summed E-state index contributed by atoms with van der Waals surface area (Å²) in [7, 11) is 0. The average Bonchev–Trinajstić information content (AvgIpc) is 2.51. The average molecular weight is 265 g/mol. The normalized spacial score (nSPS) is 9.70. The van der Waals surface area contributed by atoms with Crippen molar-refractivity contribution in [3.8, 4) is 17.6 Å². The third-order valence-corrected chi connectivity index (χ3v) is 2.97. The Balaban J connectivity index is 2.03. The Bertz CT molecular complexity index is 623. The van der Waals surface area contributed by atoms with Gasteiger partial charge in [-0.3, -0.25) is 0 Å². The highest BCUT2D eigenvalue weighted by molar-refractivity contribution is 5.37. The zero-order valence-electron chi connectivity index (χ0n) is 11.7. The molecular weight excluding hydrogens is 246 g/mol. The molecule has 0 fully saturated rings. The van der Waals surface area contributed by atoms with Crippen LogP contribution in [-0.2, 0) is 13.0 Å². The molecule has 2 rings (SSSR count). The lowest BCUT2D eigenvalue weighted by Crippen LogP contribution is -1.97. The van der Waals surface area contributed by atoms with Gasteiger partial charge in [-0.25, -0.2) is 0 Å². The molecule has 2 N–H and O–H groups in total. The van der Waals surface area contributed by atoms with E-state index < -0.39 is 0 Å². The summed E-state index contributed by atoms with van der Waals surface area (Å²) in [5, 5.41) is 0. The van der Waals surface area contributed by atoms with Gasteiger partial charge in [-0.2, -0.15) is 0 Å². The number of nitrogens with two attached hydrogens (primary N) is 1. The zero-order valence-corrected chi connectivity index (χ0v) is 11.7. The van der Waals surface area contributed by atoms with E-state index in [0.29, 0.717) is 13.2 Å². The van der Waals surface area contributed by atoms with Crippen molar-refractivity contribution in [1.29, 1.82) is 0 Å². The van der Waals surface area contributed by atoms with Crippen molar-refractivity contribution in [2.24, 2.45) is 5.73 Å². The van der Waals surface area contributed by atoms with Crippen LogP contribution >= 0.6 is 0 Å². The number of rotatable bonds is 4. The van der Waals surface area contributed by atoms with E-state index in [1.54, 1.807) is 0 Å². The van der Waals surface area contributed by atoms with Gasteiger partial charge in [0.25, 0.3) is 0 Å². The molecule has 0 bridgehead atoms. The van der Waals surface area contributed by atoms with Crippen LogP contribution in [0.25, 0.3) is 0 Å². The summed E-state index contributed by atoms with van der Waals surface area (Å²) in [5.74, 6) is 6.79. The van der Waals surface area contributed by atoms with Gasteiger partial charge in [-0.1, -0.05) is 43.0 Å². The molecular formula is C18H19NO. The van der Waals surface area contributed by atoms with Gasteiger partial charge in [-0.15, -0.1) is 0 Å². The zero-order chi connectivity index (χ0) is 14.2. The topological polar surface area (TPSA) is 35.2 Å². The lowest BCUT2D eigenvalue weighted by atomic mass is 10.1. The summed E-state index contributed by atoms with van der Waals surface area (Å²) < 4.78 is 5.82. The smallest absolute Gasteiger partial charge is 0.120 e. The van der Waals surface area contributed by atoms with E-state index in [9.17, 15) is 0 Å². The van der Waals surface area contributed by atoms with Crippen LogP contribution in [0.5, 0.6) is 5.75 Å². The Kier molecular flexibility index (Phi) is 5.23. The van der Waals surface area contributed by atoms with Gasteiger partial charge in [0.2, 0.25) is 0 Å². The first-order valence-corrected chi connectivity index (χ1v) is 6.81. The summed E-state index contributed by atoms with van der Waals surface area (Å²) in [6.07, 6.45) is 1.02. The van der Waals surface area contributed by atoms with Gasteiger partial charge in [0.1, 0.15) is 12.4 Å². The predicted molar refractivity (Wildman–Crippen MR) is 82.5 cm³/mol. The Labute approximate surface area is 120 Å². The van der Waals surface area contributed by atoms with Gasteiger partial charge < -0.3 is 10.5 Å². The second-order valence-electron chi connectivity index (χ2n) is 4.50. The van der Waals surface area contributed by atoms with Crippen molar-refractivity contribution in [1.82, 2.24) is 0 Å². The van der Waals surface area contributed by atoms with Crippen LogP contribution < -0.4 is 10.5 Å². The van der Waals surface area contributed by atoms with Gasteiger partial charge in [-0.05, 0) is 41.8 Å². The van der Waals surface area contributed by atoms with Crippen molar-refractivity contribution in [2.75, 3.05) is 6.54 Å². The molecule has 2 nitrogen and oxygen atoms in total. The summed E-state index contributed by atoms with van der Waals surface area (Å²) >= 11 is 0. The highest BCUT2D eigenvalue weighted by atomic mass is 16.5. The molecule has 0 aromatic heterocycles. The highest BCUT2D eigenvalue weighted by Gasteiger charge is 1.98. The van der Waals surface area contributed by atoms with E-state index in [0.717, 1.165) is 23.3 Å². The molecule has 20 heavy (non-hydrogen) atoms. The molecule has 0 aliphatic heterocycles. The SMILES string of the molecule is CCc1cccc(OCc2cccc(C#CCN)c2)c1. The number of aryl methyl sites for hydroxylation is 1. The van der Waals surface area contributed by atoms with E-state index in [-0.39, 0.29) is 0 Å². The van der Waals surface area contributed by atoms with Crippen LogP contribution in [-0.4, -0.2) is 6.54 Å².